The van der Waals surface area contributed by atoms with Gasteiger partial charge in [0.15, 0.2) is 0 Å². The normalized spacial score (nSPS) is 56.7. The Labute approximate surface area is 55.1 Å². The molecule has 2 rings (SSSR count). The average molecular weight is 127 g/mol. The van der Waals surface area contributed by atoms with Crippen LogP contribution < -0.4 is 5.73 Å². The number of rotatable bonds is 0. The second kappa shape index (κ2) is 1.70. The zero-order valence-corrected chi connectivity index (χ0v) is 5.46. The molecule has 2 aliphatic rings. The Bertz CT molecular complexity index is 124. The van der Waals surface area contributed by atoms with Gasteiger partial charge in [-0.25, -0.2) is 0 Å². The molecule has 0 aromatic heterocycles. The SMILES string of the molecule is NC1CC2C(O)CCC12. The van der Waals surface area contributed by atoms with Gasteiger partial charge in [0, 0.05) is 6.04 Å². The molecule has 0 spiro atoms. The van der Waals surface area contributed by atoms with Crippen LogP contribution in [0.1, 0.15) is 19.3 Å². The van der Waals surface area contributed by atoms with Crippen LogP contribution in [0.4, 0.5) is 0 Å². The predicted molar refractivity (Wildman–Crippen MR) is 34.8 cm³/mol. The summed E-state index contributed by atoms with van der Waals surface area (Å²) >= 11 is 0. The minimum Gasteiger partial charge on any atom is -0.393 e. The fourth-order valence-corrected chi connectivity index (χ4v) is 2.23. The van der Waals surface area contributed by atoms with Crippen LogP contribution in [0.3, 0.4) is 0 Å². The van der Waals surface area contributed by atoms with Gasteiger partial charge >= 0.3 is 0 Å². The Kier molecular flexibility index (Phi) is 1.08. The first-order chi connectivity index (χ1) is 4.29. The molecule has 3 N–H and O–H groups in total. The van der Waals surface area contributed by atoms with Crippen molar-refractivity contribution in [3.8, 4) is 0 Å². The molecule has 0 radical (unpaired) electrons. The lowest BCUT2D eigenvalue weighted by atomic mass is 9.71. The van der Waals surface area contributed by atoms with Crippen molar-refractivity contribution in [1.29, 1.82) is 0 Å². The summed E-state index contributed by atoms with van der Waals surface area (Å²) in [7, 11) is 0. The number of aliphatic hydroxyl groups excluding tert-OH is 1. The van der Waals surface area contributed by atoms with Crippen molar-refractivity contribution in [2.45, 2.75) is 31.4 Å². The van der Waals surface area contributed by atoms with E-state index in [1.54, 1.807) is 0 Å². The van der Waals surface area contributed by atoms with Crippen molar-refractivity contribution in [3.63, 3.8) is 0 Å². The topological polar surface area (TPSA) is 46.2 Å². The number of hydrogen-bond donors (Lipinski definition) is 2. The van der Waals surface area contributed by atoms with Gasteiger partial charge in [-0.05, 0) is 31.1 Å². The molecule has 2 heteroatoms. The van der Waals surface area contributed by atoms with E-state index in [0.717, 1.165) is 19.3 Å². The van der Waals surface area contributed by atoms with E-state index >= 15 is 0 Å². The molecule has 4 unspecified atom stereocenters. The van der Waals surface area contributed by atoms with Gasteiger partial charge in [0.1, 0.15) is 0 Å². The average Bonchev–Trinajstić information content (AvgIpc) is 2.07. The van der Waals surface area contributed by atoms with Gasteiger partial charge in [0.2, 0.25) is 0 Å². The van der Waals surface area contributed by atoms with Crippen LogP contribution in [0.15, 0.2) is 0 Å². The zero-order chi connectivity index (χ0) is 6.43. The molecule has 2 saturated carbocycles. The van der Waals surface area contributed by atoms with E-state index in [-0.39, 0.29) is 6.10 Å². The minimum atomic E-state index is -0.0187. The van der Waals surface area contributed by atoms with Gasteiger partial charge in [-0.1, -0.05) is 0 Å². The van der Waals surface area contributed by atoms with Crippen molar-refractivity contribution < 1.29 is 5.11 Å². The standard InChI is InChI=1S/C7H13NO/c8-6-3-5-4(6)1-2-7(5)9/h4-7,9H,1-3,8H2. The molecule has 0 bridgehead atoms. The highest BCUT2D eigenvalue weighted by Crippen LogP contribution is 2.45. The Morgan fingerprint density at radius 1 is 1.22 bits per heavy atom. The minimum absolute atomic E-state index is 0.0187. The highest BCUT2D eigenvalue weighted by Gasteiger charge is 2.46. The predicted octanol–water partition coefficient (Wildman–Crippen LogP) is 0.104. The summed E-state index contributed by atoms with van der Waals surface area (Å²) in [5.41, 5.74) is 5.71. The van der Waals surface area contributed by atoms with Crippen molar-refractivity contribution in [2.75, 3.05) is 0 Å². The van der Waals surface area contributed by atoms with E-state index in [9.17, 15) is 5.11 Å². The van der Waals surface area contributed by atoms with Crippen LogP contribution in [0, 0.1) is 11.8 Å². The van der Waals surface area contributed by atoms with E-state index in [1.165, 1.54) is 0 Å². The van der Waals surface area contributed by atoms with Crippen molar-refractivity contribution in [2.24, 2.45) is 17.6 Å². The maximum atomic E-state index is 9.28. The van der Waals surface area contributed by atoms with Crippen molar-refractivity contribution >= 4 is 0 Å². The Morgan fingerprint density at radius 2 is 2.00 bits per heavy atom. The molecular formula is C7H13NO. The first-order valence-electron chi connectivity index (χ1n) is 3.72. The van der Waals surface area contributed by atoms with Gasteiger partial charge in [-0.15, -0.1) is 0 Å². The van der Waals surface area contributed by atoms with E-state index in [4.69, 9.17) is 5.73 Å². The third-order valence-corrected chi connectivity index (χ3v) is 2.93. The van der Waals surface area contributed by atoms with Crippen LogP contribution >= 0.6 is 0 Å². The van der Waals surface area contributed by atoms with Crippen LogP contribution in [0.2, 0.25) is 0 Å². The zero-order valence-electron chi connectivity index (χ0n) is 5.46. The van der Waals surface area contributed by atoms with E-state index in [0.29, 0.717) is 17.9 Å². The van der Waals surface area contributed by atoms with Gasteiger partial charge in [0.05, 0.1) is 6.10 Å². The Morgan fingerprint density at radius 3 is 2.44 bits per heavy atom. The summed E-state index contributed by atoms with van der Waals surface area (Å²) in [6, 6.07) is 0.409. The van der Waals surface area contributed by atoms with E-state index in [1.807, 2.05) is 0 Å². The van der Waals surface area contributed by atoms with Crippen molar-refractivity contribution in [1.82, 2.24) is 0 Å². The summed E-state index contributed by atoms with van der Waals surface area (Å²) in [5, 5.41) is 9.28. The summed E-state index contributed by atoms with van der Waals surface area (Å²) in [5.74, 6) is 1.24. The van der Waals surface area contributed by atoms with Crippen LogP contribution in [0.5, 0.6) is 0 Å². The van der Waals surface area contributed by atoms with Gasteiger partial charge in [-0.2, -0.15) is 0 Å². The number of aliphatic hydroxyl groups is 1. The molecule has 4 atom stereocenters. The second-order valence-electron chi connectivity index (χ2n) is 3.37. The van der Waals surface area contributed by atoms with Crippen molar-refractivity contribution in [3.05, 3.63) is 0 Å². The maximum absolute atomic E-state index is 9.28. The lowest BCUT2D eigenvalue weighted by Crippen LogP contribution is -2.47. The lowest BCUT2D eigenvalue weighted by Gasteiger charge is -2.38. The first kappa shape index (κ1) is 5.69. The molecule has 0 aromatic carbocycles. The molecule has 2 nitrogen and oxygen atoms in total. The van der Waals surface area contributed by atoms with E-state index in [2.05, 4.69) is 0 Å². The quantitative estimate of drug-likeness (QED) is 0.485. The van der Waals surface area contributed by atoms with Gasteiger partial charge in [0.25, 0.3) is 0 Å². The number of fused-ring (bicyclic) bond motifs is 1. The van der Waals surface area contributed by atoms with Crippen LogP contribution in [0.25, 0.3) is 0 Å². The largest absolute Gasteiger partial charge is 0.393 e. The number of hydrogen-bond acceptors (Lipinski definition) is 2. The first-order valence-corrected chi connectivity index (χ1v) is 3.72. The molecule has 0 aliphatic heterocycles. The molecule has 9 heavy (non-hydrogen) atoms. The lowest BCUT2D eigenvalue weighted by molar-refractivity contribution is 0.0512. The second-order valence-corrected chi connectivity index (χ2v) is 3.37. The molecular weight excluding hydrogens is 114 g/mol. The Balaban J connectivity index is 2.03. The summed E-state index contributed by atoms with van der Waals surface area (Å²) < 4.78 is 0. The van der Waals surface area contributed by atoms with Gasteiger partial charge < -0.3 is 10.8 Å². The van der Waals surface area contributed by atoms with Gasteiger partial charge in [-0.3, -0.25) is 0 Å². The molecule has 0 heterocycles. The highest BCUT2D eigenvalue weighted by atomic mass is 16.3. The van der Waals surface area contributed by atoms with E-state index < -0.39 is 0 Å². The smallest absolute Gasteiger partial charge is 0.0572 e. The maximum Gasteiger partial charge on any atom is 0.0572 e. The third kappa shape index (κ3) is 0.634. The monoisotopic (exact) mass is 127 g/mol. The van der Waals surface area contributed by atoms with Crippen LogP contribution in [-0.2, 0) is 0 Å². The molecule has 2 aliphatic carbocycles. The van der Waals surface area contributed by atoms with Crippen LogP contribution in [-0.4, -0.2) is 17.3 Å². The third-order valence-electron chi connectivity index (χ3n) is 2.93. The summed E-state index contributed by atoms with van der Waals surface area (Å²) in [6.45, 7) is 0. The molecule has 0 aromatic rings. The molecule has 0 amide bonds. The molecule has 52 valence electrons. The molecule has 2 fully saturated rings. The fraction of sp³-hybridized carbons (Fsp3) is 1.00. The number of nitrogens with two attached hydrogens (primary N) is 1. The summed E-state index contributed by atoms with van der Waals surface area (Å²) in [6.07, 6.45) is 3.19. The highest BCUT2D eigenvalue weighted by molar-refractivity contribution is 5.00. The fourth-order valence-electron chi connectivity index (χ4n) is 2.23. The molecule has 0 saturated heterocycles. The Hall–Kier alpha value is -0.0800. The summed E-state index contributed by atoms with van der Waals surface area (Å²) in [4.78, 5) is 0.